The fourth-order valence-electron chi connectivity index (χ4n) is 3.40. The molecule has 0 aliphatic heterocycles. The predicted octanol–water partition coefficient (Wildman–Crippen LogP) is 4.03. The molecule has 1 amide bonds. The van der Waals surface area contributed by atoms with Crippen molar-refractivity contribution in [2.45, 2.75) is 45.1 Å². The van der Waals surface area contributed by atoms with Crippen molar-refractivity contribution >= 4 is 39.5 Å². The van der Waals surface area contributed by atoms with Crippen LogP contribution < -0.4 is 0 Å². The van der Waals surface area contributed by atoms with Crippen LogP contribution in [-0.4, -0.2) is 41.0 Å². The van der Waals surface area contributed by atoms with Crippen molar-refractivity contribution < 1.29 is 14.3 Å². The number of likely N-dealkylation sites (N-methyl/N-ethyl adjacent to an activating group) is 1. The maximum atomic E-state index is 12.4. The second kappa shape index (κ2) is 8.94. The molecule has 5 nitrogen and oxygen atoms in total. The number of esters is 1. The van der Waals surface area contributed by atoms with Crippen LogP contribution in [0.5, 0.6) is 0 Å². The van der Waals surface area contributed by atoms with Gasteiger partial charge in [0.2, 0.25) is 0 Å². The van der Waals surface area contributed by atoms with Gasteiger partial charge in [-0.1, -0.05) is 31.4 Å². The zero-order valence-electron chi connectivity index (χ0n) is 15.0. The SMILES string of the molecule is CCN(C(=O)COC(=O)/C=C/c1nc2ccccc2s1)C1CCCCC1. The van der Waals surface area contributed by atoms with Gasteiger partial charge in [-0.15, -0.1) is 11.3 Å². The zero-order chi connectivity index (χ0) is 18.4. The fourth-order valence-corrected chi connectivity index (χ4v) is 4.27. The summed E-state index contributed by atoms with van der Waals surface area (Å²) in [6, 6.07) is 8.11. The lowest BCUT2D eigenvalue weighted by molar-refractivity contribution is -0.149. The maximum Gasteiger partial charge on any atom is 0.331 e. The Kier molecular flexibility index (Phi) is 6.39. The van der Waals surface area contributed by atoms with Crippen molar-refractivity contribution in [3.63, 3.8) is 0 Å². The number of thiazole rings is 1. The average Bonchev–Trinajstić information content (AvgIpc) is 3.09. The number of benzene rings is 1. The minimum atomic E-state index is -0.516. The zero-order valence-corrected chi connectivity index (χ0v) is 15.8. The second-order valence-electron chi connectivity index (χ2n) is 6.43. The van der Waals surface area contributed by atoms with Gasteiger partial charge < -0.3 is 9.64 Å². The number of hydrogen-bond donors (Lipinski definition) is 0. The first-order valence-electron chi connectivity index (χ1n) is 9.17. The second-order valence-corrected chi connectivity index (χ2v) is 7.49. The largest absolute Gasteiger partial charge is 0.452 e. The number of ether oxygens (including phenoxy) is 1. The van der Waals surface area contributed by atoms with E-state index in [4.69, 9.17) is 4.74 Å². The van der Waals surface area contributed by atoms with Crippen LogP contribution in [0.1, 0.15) is 44.0 Å². The molecule has 1 aromatic heterocycles. The molecule has 1 saturated carbocycles. The topological polar surface area (TPSA) is 59.5 Å². The molecule has 1 fully saturated rings. The van der Waals surface area contributed by atoms with Crippen LogP contribution in [0.3, 0.4) is 0 Å². The summed E-state index contributed by atoms with van der Waals surface area (Å²) < 4.78 is 6.20. The van der Waals surface area contributed by atoms with Gasteiger partial charge in [-0.05, 0) is 38.0 Å². The molecular formula is C20H24N2O3S. The molecule has 26 heavy (non-hydrogen) atoms. The first kappa shape index (κ1) is 18.6. The Balaban J connectivity index is 1.51. The quantitative estimate of drug-likeness (QED) is 0.567. The lowest BCUT2D eigenvalue weighted by Gasteiger charge is -2.33. The van der Waals surface area contributed by atoms with E-state index in [1.54, 1.807) is 6.08 Å². The molecule has 1 aliphatic rings. The van der Waals surface area contributed by atoms with Crippen LogP contribution in [0.15, 0.2) is 30.3 Å². The molecule has 1 aromatic carbocycles. The standard InChI is InChI=1S/C20H24N2O3S/c1-2-22(15-8-4-3-5-9-15)19(23)14-25-20(24)13-12-18-21-16-10-6-7-11-17(16)26-18/h6-7,10-13,15H,2-5,8-9,14H2,1H3/b13-12+. The number of aromatic nitrogens is 1. The Bertz CT molecular complexity index is 760. The number of para-hydroxylation sites is 1. The van der Waals surface area contributed by atoms with Gasteiger partial charge in [0, 0.05) is 18.7 Å². The number of carbonyl (C=O) groups excluding carboxylic acids is 2. The lowest BCUT2D eigenvalue weighted by Crippen LogP contribution is -2.43. The molecule has 1 heterocycles. The van der Waals surface area contributed by atoms with E-state index < -0.39 is 5.97 Å². The van der Waals surface area contributed by atoms with Crippen LogP contribution in [0.2, 0.25) is 0 Å². The number of hydrogen-bond acceptors (Lipinski definition) is 5. The van der Waals surface area contributed by atoms with E-state index >= 15 is 0 Å². The summed E-state index contributed by atoms with van der Waals surface area (Å²) in [5.41, 5.74) is 0.909. The summed E-state index contributed by atoms with van der Waals surface area (Å²) in [4.78, 5) is 30.6. The highest BCUT2D eigenvalue weighted by molar-refractivity contribution is 7.19. The van der Waals surface area contributed by atoms with E-state index in [1.165, 1.54) is 36.7 Å². The van der Waals surface area contributed by atoms with Gasteiger partial charge in [0.25, 0.3) is 5.91 Å². The van der Waals surface area contributed by atoms with Crippen LogP contribution in [-0.2, 0) is 14.3 Å². The number of amides is 1. The molecule has 2 aromatic rings. The third-order valence-electron chi connectivity index (χ3n) is 4.69. The molecule has 0 radical (unpaired) electrons. The van der Waals surface area contributed by atoms with Crippen LogP contribution in [0.25, 0.3) is 16.3 Å². The van der Waals surface area contributed by atoms with Gasteiger partial charge in [-0.3, -0.25) is 4.79 Å². The molecule has 138 valence electrons. The third-order valence-corrected chi connectivity index (χ3v) is 5.69. The summed E-state index contributed by atoms with van der Waals surface area (Å²) in [5.74, 6) is -0.626. The third kappa shape index (κ3) is 4.69. The molecule has 0 bridgehead atoms. The van der Waals surface area contributed by atoms with E-state index in [0.717, 1.165) is 28.1 Å². The first-order valence-corrected chi connectivity index (χ1v) is 9.99. The van der Waals surface area contributed by atoms with E-state index in [9.17, 15) is 9.59 Å². The summed E-state index contributed by atoms with van der Waals surface area (Å²) in [7, 11) is 0. The Hall–Kier alpha value is -2.21. The van der Waals surface area contributed by atoms with Crippen molar-refractivity contribution in [1.29, 1.82) is 0 Å². The van der Waals surface area contributed by atoms with Gasteiger partial charge in [0.1, 0.15) is 5.01 Å². The predicted molar refractivity (Wildman–Crippen MR) is 104 cm³/mol. The molecule has 0 saturated heterocycles. The van der Waals surface area contributed by atoms with Crippen molar-refractivity contribution in [3.05, 3.63) is 35.3 Å². The summed E-state index contributed by atoms with van der Waals surface area (Å²) in [6.45, 7) is 2.43. The molecule has 0 unspecified atom stereocenters. The van der Waals surface area contributed by atoms with E-state index in [2.05, 4.69) is 4.98 Å². The van der Waals surface area contributed by atoms with E-state index in [1.807, 2.05) is 36.1 Å². The van der Waals surface area contributed by atoms with Crippen molar-refractivity contribution in [1.82, 2.24) is 9.88 Å². The van der Waals surface area contributed by atoms with E-state index in [0.29, 0.717) is 12.6 Å². The van der Waals surface area contributed by atoms with Gasteiger partial charge in [-0.25, -0.2) is 9.78 Å². The molecular weight excluding hydrogens is 348 g/mol. The Morgan fingerprint density at radius 3 is 2.77 bits per heavy atom. The minimum Gasteiger partial charge on any atom is -0.452 e. The fraction of sp³-hybridized carbons (Fsp3) is 0.450. The molecule has 0 spiro atoms. The lowest BCUT2D eigenvalue weighted by atomic mass is 9.94. The number of carbonyl (C=O) groups is 2. The average molecular weight is 372 g/mol. The van der Waals surface area contributed by atoms with Gasteiger partial charge in [0.15, 0.2) is 6.61 Å². The van der Waals surface area contributed by atoms with Crippen molar-refractivity contribution in [3.8, 4) is 0 Å². The number of rotatable bonds is 6. The van der Waals surface area contributed by atoms with Crippen molar-refractivity contribution in [2.24, 2.45) is 0 Å². The maximum absolute atomic E-state index is 12.4. The van der Waals surface area contributed by atoms with Crippen molar-refractivity contribution in [2.75, 3.05) is 13.2 Å². The van der Waals surface area contributed by atoms with Gasteiger partial charge in [-0.2, -0.15) is 0 Å². The summed E-state index contributed by atoms with van der Waals surface area (Å²) in [5, 5.41) is 0.742. The molecule has 6 heteroatoms. The van der Waals surface area contributed by atoms with Crippen LogP contribution in [0.4, 0.5) is 0 Å². The molecule has 1 aliphatic carbocycles. The normalized spacial score (nSPS) is 15.4. The highest BCUT2D eigenvalue weighted by Gasteiger charge is 2.24. The Morgan fingerprint density at radius 2 is 2.04 bits per heavy atom. The number of fused-ring (bicyclic) bond motifs is 1. The summed E-state index contributed by atoms with van der Waals surface area (Å²) >= 11 is 1.51. The minimum absolute atomic E-state index is 0.110. The summed E-state index contributed by atoms with van der Waals surface area (Å²) in [6.07, 6.45) is 8.64. The van der Waals surface area contributed by atoms with Crippen LogP contribution >= 0.6 is 11.3 Å². The van der Waals surface area contributed by atoms with Gasteiger partial charge >= 0.3 is 5.97 Å². The smallest absolute Gasteiger partial charge is 0.331 e. The molecule has 0 atom stereocenters. The van der Waals surface area contributed by atoms with Gasteiger partial charge in [0.05, 0.1) is 10.2 Å². The Morgan fingerprint density at radius 1 is 1.27 bits per heavy atom. The first-order chi connectivity index (χ1) is 12.7. The van der Waals surface area contributed by atoms with E-state index in [-0.39, 0.29) is 12.5 Å². The number of nitrogens with zero attached hydrogens (tertiary/aromatic N) is 2. The molecule has 0 N–H and O–H groups in total. The highest BCUT2D eigenvalue weighted by atomic mass is 32.1. The molecule has 3 rings (SSSR count). The van der Waals surface area contributed by atoms with Crippen LogP contribution in [0, 0.1) is 0 Å². The monoisotopic (exact) mass is 372 g/mol. The Labute approximate surface area is 157 Å². The highest BCUT2D eigenvalue weighted by Crippen LogP contribution is 2.23.